The maximum Gasteiger partial charge on any atom is 0.220 e. The summed E-state index contributed by atoms with van der Waals surface area (Å²) in [7, 11) is -2.06. The number of carbonyl (C=O) groups is 1. The molecule has 8 heteroatoms. The lowest BCUT2D eigenvalue weighted by atomic mass is 10.1. The molecule has 2 aromatic rings. The molecule has 144 valence electrons. The van der Waals surface area contributed by atoms with Gasteiger partial charge < -0.3 is 9.51 Å². The van der Waals surface area contributed by atoms with Crippen LogP contribution >= 0.6 is 15.9 Å². The first-order chi connectivity index (χ1) is 11.7. The second-order valence-corrected chi connectivity index (χ2v) is 14.6. The van der Waals surface area contributed by atoms with Crippen molar-refractivity contribution in [3.8, 4) is 0 Å². The Morgan fingerprint density at radius 1 is 1.27 bits per heavy atom. The van der Waals surface area contributed by atoms with E-state index in [4.69, 9.17) is 4.53 Å². The standard InChI is InChI=1S/C18H29BrN4O2Si/c1-17(2,3)23(25-26(7,8)18(4,5)6)11-13(24)12-9-20-16-15(12)22-14(19)10-21-16/h9-10H,11H2,1-8H3,(H,20,21). The Bertz CT molecular complexity index is 806. The molecule has 0 spiro atoms. The van der Waals surface area contributed by atoms with Gasteiger partial charge in [-0.1, -0.05) is 20.8 Å². The number of H-pyrrole nitrogens is 1. The Kier molecular flexibility index (Phi) is 5.83. The third-order valence-electron chi connectivity index (χ3n) is 4.83. The van der Waals surface area contributed by atoms with Crippen LogP contribution in [0.3, 0.4) is 0 Å². The molecule has 2 aromatic heterocycles. The second-order valence-electron chi connectivity index (χ2n) is 9.07. The zero-order valence-electron chi connectivity index (χ0n) is 16.9. The van der Waals surface area contributed by atoms with Crippen LogP contribution in [0.4, 0.5) is 0 Å². The third-order valence-corrected chi connectivity index (χ3v) is 9.50. The summed E-state index contributed by atoms with van der Waals surface area (Å²) in [4.78, 5) is 24.7. The molecule has 2 rings (SSSR count). The monoisotopic (exact) mass is 440 g/mol. The van der Waals surface area contributed by atoms with E-state index < -0.39 is 8.32 Å². The molecule has 0 bridgehead atoms. The summed E-state index contributed by atoms with van der Waals surface area (Å²) in [6, 6.07) is 0. The van der Waals surface area contributed by atoms with Crippen molar-refractivity contribution in [2.75, 3.05) is 6.54 Å². The molecule has 6 nitrogen and oxygen atoms in total. The number of nitrogens with one attached hydrogen (secondary N) is 1. The Labute approximate surface area is 165 Å². The number of nitrogens with zero attached hydrogens (tertiary/aromatic N) is 3. The molecule has 26 heavy (non-hydrogen) atoms. The lowest BCUT2D eigenvalue weighted by molar-refractivity contribution is -0.129. The van der Waals surface area contributed by atoms with Gasteiger partial charge in [-0.15, -0.1) is 0 Å². The van der Waals surface area contributed by atoms with Crippen LogP contribution in [-0.4, -0.2) is 46.2 Å². The SMILES string of the molecule is CC(C)(C)N(CC(=O)c1c[nH]c2ncc(Br)nc12)O[Si](C)(C)C(C)(C)C. The topological polar surface area (TPSA) is 71.1 Å². The molecule has 0 saturated heterocycles. The quantitative estimate of drug-likeness (QED) is 0.404. The zero-order valence-corrected chi connectivity index (χ0v) is 19.5. The van der Waals surface area contributed by atoms with Crippen LogP contribution in [0.2, 0.25) is 18.1 Å². The Morgan fingerprint density at radius 3 is 2.42 bits per heavy atom. The number of carbonyl (C=O) groups excluding carboxylic acids is 1. The van der Waals surface area contributed by atoms with Crippen molar-refractivity contribution in [1.29, 1.82) is 0 Å². The number of aromatic nitrogens is 3. The molecule has 0 unspecified atom stereocenters. The number of rotatable bonds is 5. The molecule has 0 aliphatic heterocycles. The number of halogens is 1. The lowest BCUT2D eigenvalue weighted by Crippen LogP contribution is -2.53. The minimum Gasteiger partial charge on any atom is -0.344 e. The van der Waals surface area contributed by atoms with Gasteiger partial charge in [-0.25, -0.2) is 9.97 Å². The fourth-order valence-electron chi connectivity index (χ4n) is 2.12. The predicted molar refractivity (Wildman–Crippen MR) is 111 cm³/mol. The van der Waals surface area contributed by atoms with Crippen molar-refractivity contribution < 1.29 is 9.32 Å². The zero-order chi connectivity index (χ0) is 19.9. The van der Waals surface area contributed by atoms with Crippen LogP contribution in [0.1, 0.15) is 51.9 Å². The van der Waals surface area contributed by atoms with Crippen LogP contribution in [-0.2, 0) is 4.53 Å². The first kappa shape index (κ1) is 21.2. The number of Topliss-reactive ketones (excluding diaryl/α,β-unsaturated/α-hetero) is 1. The van der Waals surface area contributed by atoms with Crippen molar-refractivity contribution in [2.45, 2.75) is 65.2 Å². The highest BCUT2D eigenvalue weighted by Crippen LogP contribution is 2.38. The minimum atomic E-state index is -2.06. The fraction of sp³-hybridized carbons (Fsp3) is 0.611. The van der Waals surface area contributed by atoms with Crippen LogP contribution in [0.15, 0.2) is 17.0 Å². The molecule has 0 aliphatic rings. The number of ketones is 1. The van der Waals surface area contributed by atoms with Gasteiger partial charge in [0.25, 0.3) is 0 Å². The van der Waals surface area contributed by atoms with Gasteiger partial charge in [0.15, 0.2) is 11.4 Å². The lowest BCUT2D eigenvalue weighted by Gasteiger charge is -2.44. The van der Waals surface area contributed by atoms with Gasteiger partial charge in [0, 0.05) is 11.7 Å². The van der Waals surface area contributed by atoms with Crippen molar-refractivity contribution in [2.24, 2.45) is 0 Å². The summed E-state index contributed by atoms with van der Waals surface area (Å²) >= 11 is 3.32. The minimum absolute atomic E-state index is 0.0442. The fourth-order valence-corrected chi connectivity index (χ4v) is 3.56. The van der Waals surface area contributed by atoms with Gasteiger partial charge in [-0.05, 0) is 54.8 Å². The summed E-state index contributed by atoms with van der Waals surface area (Å²) in [5.41, 5.74) is 1.40. The van der Waals surface area contributed by atoms with E-state index in [-0.39, 0.29) is 22.9 Å². The number of hydrogen-bond donors (Lipinski definition) is 1. The number of hydroxylamine groups is 2. The average Bonchev–Trinajstić information content (AvgIpc) is 2.87. The van der Waals surface area contributed by atoms with Crippen molar-refractivity contribution in [3.63, 3.8) is 0 Å². The van der Waals surface area contributed by atoms with E-state index in [9.17, 15) is 4.79 Å². The maximum absolute atomic E-state index is 13.0. The van der Waals surface area contributed by atoms with E-state index in [1.807, 2.05) is 5.06 Å². The van der Waals surface area contributed by atoms with Gasteiger partial charge in [0.1, 0.15) is 10.1 Å². The van der Waals surface area contributed by atoms with Gasteiger partial charge in [-0.3, -0.25) is 4.79 Å². The Balaban J connectivity index is 2.31. The maximum atomic E-state index is 13.0. The number of hydrogen-bond acceptors (Lipinski definition) is 5. The predicted octanol–water partition coefficient (Wildman–Crippen LogP) is 4.94. The molecule has 0 saturated carbocycles. The van der Waals surface area contributed by atoms with Crippen molar-refractivity contribution in [1.82, 2.24) is 20.0 Å². The van der Waals surface area contributed by atoms with Gasteiger partial charge in [-0.2, -0.15) is 5.06 Å². The molecule has 0 fully saturated rings. The molecule has 0 atom stereocenters. The molecule has 2 heterocycles. The second kappa shape index (κ2) is 7.14. The van der Waals surface area contributed by atoms with Crippen LogP contribution < -0.4 is 0 Å². The Hall–Kier alpha value is -1.09. The van der Waals surface area contributed by atoms with Crippen LogP contribution in [0, 0.1) is 0 Å². The highest BCUT2D eigenvalue weighted by atomic mass is 79.9. The van der Waals surface area contributed by atoms with E-state index >= 15 is 0 Å². The highest BCUT2D eigenvalue weighted by molar-refractivity contribution is 9.10. The molecule has 0 amide bonds. The first-order valence-electron chi connectivity index (χ1n) is 8.72. The molecular weight excluding hydrogens is 412 g/mol. The third kappa shape index (κ3) is 4.60. The van der Waals surface area contributed by atoms with Gasteiger partial charge in [0.2, 0.25) is 8.32 Å². The van der Waals surface area contributed by atoms with E-state index in [0.29, 0.717) is 21.3 Å². The van der Waals surface area contributed by atoms with E-state index in [0.717, 1.165) is 0 Å². The molecule has 0 aromatic carbocycles. The largest absolute Gasteiger partial charge is 0.344 e. The van der Waals surface area contributed by atoms with Gasteiger partial charge >= 0.3 is 0 Å². The number of aromatic amines is 1. The summed E-state index contributed by atoms with van der Waals surface area (Å²) in [6.45, 7) is 17.3. The molecular formula is C18H29BrN4O2Si. The van der Waals surface area contributed by atoms with Crippen molar-refractivity contribution in [3.05, 3.63) is 22.6 Å². The Morgan fingerprint density at radius 2 is 1.88 bits per heavy atom. The van der Waals surface area contributed by atoms with Crippen LogP contribution in [0.5, 0.6) is 0 Å². The average molecular weight is 441 g/mol. The van der Waals surface area contributed by atoms with Crippen molar-refractivity contribution >= 4 is 41.2 Å². The van der Waals surface area contributed by atoms with E-state index in [2.05, 4.69) is 85.5 Å². The molecule has 0 aliphatic carbocycles. The first-order valence-corrected chi connectivity index (χ1v) is 12.4. The highest BCUT2D eigenvalue weighted by Gasteiger charge is 2.42. The normalized spacial score (nSPS) is 13.6. The molecule has 1 N–H and O–H groups in total. The summed E-state index contributed by atoms with van der Waals surface area (Å²) < 4.78 is 7.07. The number of fused-ring (bicyclic) bond motifs is 1. The smallest absolute Gasteiger partial charge is 0.220 e. The molecule has 0 radical (unpaired) electrons. The van der Waals surface area contributed by atoms with E-state index in [1.165, 1.54) is 0 Å². The summed E-state index contributed by atoms with van der Waals surface area (Å²) in [6.07, 6.45) is 3.28. The van der Waals surface area contributed by atoms with Gasteiger partial charge in [0.05, 0.1) is 18.3 Å². The van der Waals surface area contributed by atoms with Crippen LogP contribution in [0.25, 0.3) is 11.2 Å². The summed E-state index contributed by atoms with van der Waals surface area (Å²) in [5, 5.41) is 1.88. The van der Waals surface area contributed by atoms with E-state index in [1.54, 1.807) is 12.4 Å². The summed E-state index contributed by atoms with van der Waals surface area (Å²) in [5.74, 6) is -0.0442.